The summed E-state index contributed by atoms with van der Waals surface area (Å²) in [6.45, 7) is 0.568. The Morgan fingerprint density at radius 3 is 2.95 bits per heavy atom. The van der Waals surface area contributed by atoms with Crippen LogP contribution in [0, 0.1) is 10.1 Å². The average Bonchev–Trinajstić information content (AvgIpc) is 2.38. The molecule has 1 amide bonds. The fourth-order valence-electron chi connectivity index (χ4n) is 2.05. The van der Waals surface area contributed by atoms with E-state index in [2.05, 4.69) is 4.98 Å². The Morgan fingerprint density at radius 1 is 1.58 bits per heavy atom. The number of β-amino-alcohol motifs (C(OH)–C–C–N with tert-alkyl or cyclic N) is 1. The van der Waals surface area contributed by atoms with Gasteiger partial charge in [0.25, 0.3) is 17.2 Å². The third-order valence-corrected chi connectivity index (χ3v) is 3.01. The molecule has 2 rings (SSSR count). The molecule has 1 atom stereocenters. The summed E-state index contributed by atoms with van der Waals surface area (Å²) in [5.41, 5.74) is -1.29. The number of aromatic nitrogens is 1. The van der Waals surface area contributed by atoms with E-state index in [4.69, 9.17) is 0 Å². The zero-order valence-corrected chi connectivity index (χ0v) is 10.0. The molecule has 1 aromatic heterocycles. The van der Waals surface area contributed by atoms with E-state index in [-0.39, 0.29) is 17.8 Å². The van der Waals surface area contributed by atoms with Gasteiger partial charge in [-0.25, -0.2) is 0 Å². The number of likely N-dealkylation sites (tertiary alicyclic amines) is 1. The number of H-pyrrole nitrogens is 1. The molecule has 2 N–H and O–H groups in total. The molecular weight excluding hydrogens is 254 g/mol. The normalized spacial score (nSPS) is 19.2. The second kappa shape index (κ2) is 5.19. The van der Waals surface area contributed by atoms with Gasteiger partial charge in [-0.1, -0.05) is 0 Å². The molecule has 0 saturated carbocycles. The van der Waals surface area contributed by atoms with E-state index in [1.165, 1.54) is 4.90 Å². The highest BCUT2D eigenvalue weighted by atomic mass is 16.6. The summed E-state index contributed by atoms with van der Waals surface area (Å²) in [5, 5.41) is 20.1. The summed E-state index contributed by atoms with van der Waals surface area (Å²) in [5.74, 6) is -0.594. The minimum atomic E-state index is -0.683. The Labute approximate surface area is 107 Å². The summed E-state index contributed by atoms with van der Waals surface area (Å²) >= 11 is 0. The zero-order chi connectivity index (χ0) is 14.0. The molecule has 0 aliphatic carbocycles. The van der Waals surface area contributed by atoms with Crippen LogP contribution < -0.4 is 5.56 Å². The average molecular weight is 267 g/mol. The Morgan fingerprint density at radius 2 is 2.32 bits per heavy atom. The SMILES string of the molecule is O=C(c1cc([N+](=O)[O-])c[nH]c1=O)N1CCC[C@H](O)C1. The van der Waals surface area contributed by atoms with Crippen LogP contribution in [0.25, 0.3) is 0 Å². The van der Waals surface area contributed by atoms with Crippen molar-refractivity contribution in [1.82, 2.24) is 9.88 Å². The van der Waals surface area contributed by atoms with Crippen molar-refractivity contribution in [2.75, 3.05) is 13.1 Å². The van der Waals surface area contributed by atoms with Gasteiger partial charge in [-0.2, -0.15) is 0 Å². The number of aromatic amines is 1. The Kier molecular flexibility index (Phi) is 3.61. The van der Waals surface area contributed by atoms with E-state index in [9.17, 15) is 24.8 Å². The van der Waals surface area contributed by atoms with Crippen molar-refractivity contribution in [3.05, 3.63) is 38.3 Å². The summed E-state index contributed by atoms with van der Waals surface area (Å²) in [6, 6.07) is 0.960. The molecule has 0 bridgehead atoms. The number of hydrogen-bond donors (Lipinski definition) is 2. The van der Waals surface area contributed by atoms with Gasteiger partial charge in [0, 0.05) is 19.2 Å². The van der Waals surface area contributed by atoms with Crippen LogP contribution in [0.5, 0.6) is 0 Å². The van der Waals surface area contributed by atoms with E-state index in [1.54, 1.807) is 0 Å². The van der Waals surface area contributed by atoms with E-state index >= 15 is 0 Å². The van der Waals surface area contributed by atoms with Crippen molar-refractivity contribution in [2.24, 2.45) is 0 Å². The molecule has 102 valence electrons. The number of carbonyl (C=O) groups excluding carboxylic acids is 1. The molecule has 2 heterocycles. The number of aliphatic hydroxyl groups excluding tert-OH is 1. The van der Waals surface area contributed by atoms with Crippen LogP contribution in [0.3, 0.4) is 0 Å². The number of piperidine rings is 1. The molecule has 0 aromatic carbocycles. The molecule has 8 heteroatoms. The van der Waals surface area contributed by atoms with Crippen LogP contribution in [-0.2, 0) is 0 Å². The summed E-state index contributed by atoms with van der Waals surface area (Å²) < 4.78 is 0. The van der Waals surface area contributed by atoms with Crippen LogP contribution in [-0.4, -0.2) is 45.0 Å². The van der Waals surface area contributed by atoms with Crippen LogP contribution in [0.15, 0.2) is 17.1 Å². The highest BCUT2D eigenvalue weighted by molar-refractivity contribution is 5.94. The maximum Gasteiger partial charge on any atom is 0.286 e. The molecular formula is C11H13N3O5. The number of nitrogens with one attached hydrogen (secondary N) is 1. The molecule has 1 fully saturated rings. The second-order valence-corrected chi connectivity index (χ2v) is 4.41. The maximum absolute atomic E-state index is 12.1. The molecule has 1 aromatic rings. The molecule has 1 saturated heterocycles. The fourth-order valence-corrected chi connectivity index (χ4v) is 2.05. The first-order valence-electron chi connectivity index (χ1n) is 5.83. The van der Waals surface area contributed by atoms with Gasteiger partial charge in [-0.3, -0.25) is 19.7 Å². The lowest BCUT2D eigenvalue weighted by Gasteiger charge is -2.29. The first-order chi connectivity index (χ1) is 8.99. The number of pyridine rings is 1. The molecule has 1 aliphatic rings. The molecule has 0 unspecified atom stereocenters. The topological polar surface area (TPSA) is 117 Å². The van der Waals surface area contributed by atoms with Crippen molar-refractivity contribution in [3.8, 4) is 0 Å². The second-order valence-electron chi connectivity index (χ2n) is 4.41. The summed E-state index contributed by atoms with van der Waals surface area (Å²) in [6.07, 6.45) is 1.58. The van der Waals surface area contributed by atoms with E-state index in [1.807, 2.05) is 0 Å². The van der Waals surface area contributed by atoms with Crippen LogP contribution in [0.4, 0.5) is 5.69 Å². The van der Waals surface area contributed by atoms with Gasteiger partial charge >= 0.3 is 0 Å². The third-order valence-electron chi connectivity index (χ3n) is 3.01. The quantitative estimate of drug-likeness (QED) is 0.572. The predicted molar refractivity (Wildman–Crippen MR) is 64.9 cm³/mol. The first-order valence-corrected chi connectivity index (χ1v) is 5.83. The van der Waals surface area contributed by atoms with Crippen molar-refractivity contribution in [1.29, 1.82) is 0 Å². The summed E-state index contributed by atoms with van der Waals surface area (Å²) in [7, 11) is 0. The lowest BCUT2D eigenvalue weighted by atomic mass is 10.1. The van der Waals surface area contributed by atoms with E-state index < -0.39 is 22.5 Å². The third kappa shape index (κ3) is 2.79. The molecule has 8 nitrogen and oxygen atoms in total. The highest BCUT2D eigenvalue weighted by Crippen LogP contribution is 2.14. The van der Waals surface area contributed by atoms with Gasteiger partial charge in [0.2, 0.25) is 0 Å². The monoisotopic (exact) mass is 267 g/mol. The summed E-state index contributed by atoms with van der Waals surface area (Å²) in [4.78, 5) is 37.1. The van der Waals surface area contributed by atoms with Gasteiger partial charge in [0.1, 0.15) is 5.56 Å². The number of amides is 1. The van der Waals surface area contributed by atoms with Crippen molar-refractivity contribution < 1.29 is 14.8 Å². The Bertz CT molecular complexity index is 568. The van der Waals surface area contributed by atoms with Gasteiger partial charge in [0.05, 0.1) is 17.2 Å². The van der Waals surface area contributed by atoms with Crippen molar-refractivity contribution in [3.63, 3.8) is 0 Å². The number of nitrogens with zero attached hydrogens (tertiary/aromatic N) is 2. The molecule has 0 radical (unpaired) electrons. The molecule has 1 aliphatic heterocycles. The Hall–Kier alpha value is -2.22. The van der Waals surface area contributed by atoms with Gasteiger partial charge in [-0.05, 0) is 12.8 Å². The predicted octanol–water partition coefficient (Wildman–Crippen LogP) is -0.120. The fraction of sp³-hybridized carbons (Fsp3) is 0.455. The largest absolute Gasteiger partial charge is 0.391 e. The van der Waals surface area contributed by atoms with Crippen LogP contribution in [0.2, 0.25) is 0 Å². The van der Waals surface area contributed by atoms with Crippen LogP contribution in [0.1, 0.15) is 23.2 Å². The lowest BCUT2D eigenvalue weighted by molar-refractivity contribution is -0.385. The lowest BCUT2D eigenvalue weighted by Crippen LogP contribution is -2.43. The van der Waals surface area contributed by atoms with Gasteiger partial charge in [-0.15, -0.1) is 0 Å². The Balaban J connectivity index is 2.30. The van der Waals surface area contributed by atoms with E-state index in [0.717, 1.165) is 12.3 Å². The number of nitro groups is 1. The minimum absolute atomic E-state index is 0.140. The minimum Gasteiger partial charge on any atom is -0.391 e. The maximum atomic E-state index is 12.1. The van der Waals surface area contributed by atoms with E-state index in [0.29, 0.717) is 19.4 Å². The smallest absolute Gasteiger partial charge is 0.286 e. The van der Waals surface area contributed by atoms with Gasteiger partial charge in [0.15, 0.2) is 0 Å². The number of aliphatic hydroxyl groups is 1. The van der Waals surface area contributed by atoms with Crippen molar-refractivity contribution in [2.45, 2.75) is 18.9 Å². The number of rotatable bonds is 2. The van der Waals surface area contributed by atoms with Gasteiger partial charge < -0.3 is 15.0 Å². The highest BCUT2D eigenvalue weighted by Gasteiger charge is 2.26. The molecule has 0 spiro atoms. The first kappa shape index (κ1) is 13.2. The van der Waals surface area contributed by atoms with Crippen LogP contribution >= 0.6 is 0 Å². The molecule has 19 heavy (non-hydrogen) atoms. The number of carbonyl (C=O) groups is 1. The van der Waals surface area contributed by atoms with Crippen molar-refractivity contribution >= 4 is 11.6 Å². The zero-order valence-electron chi connectivity index (χ0n) is 10.0. The standard InChI is InChI=1S/C11H13N3O5/c15-8-2-1-3-13(6-8)11(17)9-4-7(14(18)19)5-12-10(9)16/h4-5,8,15H,1-3,6H2,(H,12,16)/t8-/m0/s1. The number of hydrogen-bond acceptors (Lipinski definition) is 5.